The van der Waals surface area contributed by atoms with Crippen molar-refractivity contribution in [1.82, 2.24) is 9.13 Å². The molecule has 23 aromatic rings. The van der Waals surface area contributed by atoms with Crippen LogP contribution in [0.25, 0.3) is 110 Å². The van der Waals surface area contributed by atoms with Crippen molar-refractivity contribution in [3.63, 3.8) is 0 Å². The largest absolute Gasteiger partial charge is 0.456 e. The molecule has 8 heteroatoms. The summed E-state index contributed by atoms with van der Waals surface area (Å²) in [5.74, 6) is 0. The summed E-state index contributed by atoms with van der Waals surface area (Å²) >= 11 is 0. The molecule has 0 saturated carbocycles. The van der Waals surface area contributed by atoms with E-state index in [1.54, 1.807) is 0 Å². The maximum absolute atomic E-state index is 6.77. The molecule has 0 bridgehead atoms. The third-order valence-electron chi connectivity index (χ3n) is 24.4. The first kappa shape index (κ1) is 71.2. The maximum atomic E-state index is 6.77. The highest BCUT2D eigenvalue weighted by atomic mass is 28.3. The minimum Gasteiger partial charge on any atom is -0.456 e. The molecule has 0 radical (unpaired) electrons. The van der Waals surface area contributed by atoms with Gasteiger partial charge in [0.1, 0.15) is 22.3 Å². The Labute approximate surface area is 697 Å². The van der Waals surface area contributed by atoms with E-state index in [1.165, 1.54) is 79.3 Å². The van der Waals surface area contributed by atoms with Crippen LogP contribution in [0.4, 0.5) is 34.1 Å². The predicted octanol–water partition coefficient (Wildman–Crippen LogP) is 24.2. The molecule has 4 aromatic heterocycles. The van der Waals surface area contributed by atoms with Crippen LogP contribution >= 0.6 is 0 Å². The Morgan fingerprint density at radius 1 is 0.183 bits per heavy atom. The first-order valence-corrected chi connectivity index (χ1v) is 45.1. The van der Waals surface area contributed by atoms with Crippen LogP contribution in [-0.4, -0.2) is 25.3 Å². The summed E-state index contributed by atoms with van der Waals surface area (Å²) in [5, 5.41) is 22.3. The minimum atomic E-state index is -2.86. The van der Waals surface area contributed by atoms with Crippen molar-refractivity contribution in [2.45, 2.75) is 0 Å². The van der Waals surface area contributed by atoms with E-state index < -0.39 is 16.1 Å². The summed E-state index contributed by atoms with van der Waals surface area (Å²) in [5.41, 5.74) is 16.8. The number of para-hydroxylation sites is 5. The van der Waals surface area contributed by atoms with Gasteiger partial charge in [-0.1, -0.05) is 346 Å². The van der Waals surface area contributed by atoms with Gasteiger partial charge in [-0.15, -0.1) is 0 Å². The van der Waals surface area contributed by atoms with Gasteiger partial charge in [0.15, 0.2) is 16.1 Å². The van der Waals surface area contributed by atoms with E-state index in [2.05, 4.69) is 486 Å². The molecule has 120 heavy (non-hydrogen) atoms. The molecule has 4 heterocycles. The highest BCUT2D eigenvalue weighted by molar-refractivity contribution is 7.20. The second-order valence-electron chi connectivity index (χ2n) is 30.9. The second kappa shape index (κ2) is 30.1. The number of nitrogens with zero attached hydrogens (tertiary/aromatic N) is 4. The minimum absolute atomic E-state index is 0.857. The lowest BCUT2D eigenvalue weighted by Gasteiger charge is -2.35. The molecule has 0 fully saturated rings. The summed E-state index contributed by atoms with van der Waals surface area (Å²) in [6.07, 6.45) is 0. The fraction of sp³-hybridized carbons (Fsp3) is 0. The highest BCUT2D eigenvalue weighted by Crippen LogP contribution is 2.49. The Morgan fingerprint density at radius 3 is 0.992 bits per heavy atom. The van der Waals surface area contributed by atoms with Gasteiger partial charge in [0.25, 0.3) is 0 Å². The van der Waals surface area contributed by atoms with Crippen LogP contribution < -0.4 is 51.3 Å². The van der Waals surface area contributed by atoms with Gasteiger partial charge in [-0.25, -0.2) is 0 Å². The zero-order chi connectivity index (χ0) is 79.5. The van der Waals surface area contributed by atoms with Crippen molar-refractivity contribution >= 4 is 190 Å². The fourth-order valence-electron chi connectivity index (χ4n) is 19.4. The summed E-state index contributed by atoms with van der Waals surface area (Å²) in [6.45, 7) is 0. The number of aromatic nitrogens is 2. The van der Waals surface area contributed by atoms with E-state index in [1.807, 2.05) is 6.07 Å². The van der Waals surface area contributed by atoms with Crippen molar-refractivity contribution in [3.05, 3.63) is 473 Å². The number of hydrogen-bond acceptors (Lipinski definition) is 4. The number of benzene rings is 19. The van der Waals surface area contributed by atoms with Gasteiger partial charge >= 0.3 is 0 Å². The number of fused-ring (bicyclic) bond motifs is 14. The van der Waals surface area contributed by atoms with Crippen LogP contribution in [0.3, 0.4) is 0 Å². The SMILES string of the molecule is c1ccc(-n2c3ccccc3c3c(N(c4cccc([Si](c5ccccc5)(c5ccccc5)c5ccccc5)c4)c4ccc5c(c4)oc4ccc6ccccc6c45)cccc32)cc1.c1ccc(-n2c3ccccc3c3c(N(c4cccc([Si](c5ccccc5)(c5ccccc5)c5ccccc5)c4)c4cccc5oc6ccccc6c45)cccc32)cc1. The molecule has 23 rings (SSSR count). The number of hydrogen-bond donors (Lipinski definition) is 0. The first-order chi connectivity index (χ1) is 59.6. The lowest BCUT2D eigenvalue weighted by molar-refractivity contribution is 0.668. The van der Waals surface area contributed by atoms with Gasteiger partial charge < -0.3 is 27.8 Å². The standard InChI is InChI=1S/C58H40N2OSi.C54H38N2OSi/c1-5-20-42(21-6-1)60-52-32-16-15-31-50(52)58-53(33-18-34-54(58)60)59(44-36-37-51-56(40-44)61-55-38-35-41-19-13-14-30-49(41)57(51)55)43-22-17-29-48(39-43)62(45-23-7-2-8-24-45,46-25-9-3-10-26-46)47-27-11-4-12-28-47;1-5-20-39(21-6-1)55-47-32-15-13-30-45(47)53-48(55)33-18-34-49(53)56(50-35-19-37-52-54(50)46-31-14-16-36-51(46)57-52)40-22-17-29-44(38-40)58(41-23-7-2-8-24-41,42-25-9-3-10-26-42)43-27-11-4-12-28-43/h1-40H;1-38H. The Hall–Kier alpha value is -15.3. The van der Waals surface area contributed by atoms with Crippen LogP contribution in [0.15, 0.2) is 482 Å². The van der Waals surface area contributed by atoms with Gasteiger partial charge in [-0.05, 0) is 174 Å². The molecular formula is C112H78N4O2Si2. The molecule has 0 saturated heterocycles. The molecular weight excluding hydrogens is 1490 g/mol. The van der Waals surface area contributed by atoms with Crippen LogP contribution in [0.1, 0.15) is 0 Å². The van der Waals surface area contributed by atoms with Crippen LogP contribution in [-0.2, 0) is 0 Å². The van der Waals surface area contributed by atoms with Crippen LogP contribution in [0.2, 0.25) is 0 Å². The van der Waals surface area contributed by atoms with Gasteiger partial charge in [0.2, 0.25) is 0 Å². The van der Waals surface area contributed by atoms with Crippen molar-refractivity contribution in [3.8, 4) is 11.4 Å². The summed E-state index contributed by atoms with van der Waals surface area (Å²) < 4.78 is 18.1. The van der Waals surface area contributed by atoms with E-state index in [4.69, 9.17) is 8.83 Å². The molecule has 0 spiro atoms. The van der Waals surface area contributed by atoms with E-state index in [9.17, 15) is 0 Å². The lowest BCUT2D eigenvalue weighted by Crippen LogP contribution is -2.74. The predicted molar refractivity (Wildman–Crippen MR) is 510 cm³/mol. The third kappa shape index (κ3) is 11.7. The Bertz CT molecular complexity index is 7530. The molecule has 566 valence electrons. The topological polar surface area (TPSA) is 42.6 Å². The zero-order valence-electron chi connectivity index (χ0n) is 65.6. The molecule has 0 amide bonds. The van der Waals surface area contributed by atoms with Gasteiger partial charge in [-0.3, -0.25) is 0 Å². The maximum Gasteiger partial charge on any atom is 0.179 e. The van der Waals surface area contributed by atoms with Gasteiger partial charge in [0, 0.05) is 72.2 Å². The first-order valence-electron chi connectivity index (χ1n) is 41.1. The summed E-state index contributed by atoms with van der Waals surface area (Å²) in [6, 6.07) is 173. The Morgan fingerprint density at radius 2 is 0.508 bits per heavy atom. The molecule has 6 nitrogen and oxygen atoms in total. The third-order valence-corrected chi connectivity index (χ3v) is 34.0. The Balaban J connectivity index is 0.000000144. The molecule has 0 aliphatic carbocycles. The second-order valence-corrected chi connectivity index (χ2v) is 38.5. The van der Waals surface area contributed by atoms with Crippen LogP contribution in [0, 0.1) is 0 Å². The molecule has 0 N–H and O–H groups in total. The van der Waals surface area contributed by atoms with Crippen molar-refractivity contribution in [2.24, 2.45) is 0 Å². The van der Waals surface area contributed by atoms with E-state index in [0.29, 0.717) is 0 Å². The number of furan rings is 2. The molecule has 0 aliphatic rings. The van der Waals surface area contributed by atoms with Gasteiger partial charge in [-0.2, -0.15) is 0 Å². The Kier molecular flexibility index (Phi) is 17.8. The quantitative estimate of drug-likeness (QED) is 0.0714. The fourth-order valence-corrected chi connectivity index (χ4v) is 29.0. The van der Waals surface area contributed by atoms with E-state index in [-0.39, 0.29) is 0 Å². The van der Waals surface area contributed by atoms with Crippen LogP contribution in [0.5, 0.6) is 0 Å². The normalized spacial score (nSPS) is 11.8. The van der Waals surface area contributed by atoms with Gasteiger partial charge in [0.05, 0.1) is 44.5 Å². The van der Waals surface area contributed by atoms with Crippen molar-refractivity contribution in [1.29, 1.82) is 0 Å². The van der Waals surface area contributed by atoms with E-state index >= 15 is 0 Å². The van der Waals surface area contributed by atoms with Crippen molar-refractivity contribution in [2.75, 3.05) is 9.80 Å². The summed E-state index contributed by atoms with van der Waals surface area (Å²) in [4.78, 5) is 4.94. The number of anilines is 6. The summed E-state index contributed by atoms with van der Waals surface area (Å²) in [7, 11) is -5.71. The van der Waals surface area contributed by atoms with Crippen molar-refractivity contribution < 1.29 is 8.83 Å². The monoisotopic (exact) mass is 1570 g/mol. The molecule has 0 atom stereocenters. The van der Waals surface area contributed by atoms with E-state index in [0.717, 1.165) is 106 Å². The lowest BCUT2D eigenvalue weighted by atomic mass is 10.0. The zero-order valence-corrected chi connectivity index (χ0v) is 67.6. The highest BCUT2D eigenvalue weighted by Gasteiger charge is 2.44. The number of rotatable bonds is 16. The smallest absolute Gasteiger partial charge is 0.179 e. The molecule has 0 unspecified atom stereocenters. The molecule has 19 aromatic carbocycles. The average Bonchev–Trinajstić information content (AvgIpc) is 1.56. The molecule has 0 aliphatic heterocycles. The average molecular weight is 1570 g/mol.